The third-order valence-corrected chi connectivity index (χ3v) is 6.12. The molecule has 3 aromatic heterocycles. The minimum Gasteiger partial charge on any atom is -0.370 e. The number of aromatic nitrogens is 5. The Kier molecular flexibility index (Phi) is 6.13. The van der Waals surface area contributed by atoms with E-state index in [2.05, 4.69) is 46.1 Å². The highest BCUT2D eigenvalue weighted by Crippen LogP contribution is 2.29. The van der Waals surface area contributed by atoms with Crippen LogP contribution >= 0.6 is 0 Å². The molecule has 33 heavy (non-hydrogen) atoms. The van der Waals surface area contributed by atoms with E-state index in [1.54, 1.807) is 6.20 Å². The van der Waals surface area contributed by atoms with Crippen LogP contribution in [0, 0.1) is 0 Å². The molecule has 0 bridgehead atoms. The van der Waals surface area contributed by atoms with E-state index in [0.717, 1.165) is 60.8 Å². The molecule has 5 rings (SSSR count). The second-order valence-corrected chi connectivity index (χ2v) is 8.54. The van der Waals surface area contributed by atoms with Crippen LogP contribution in [0.15, 0.2) is 67.3 Å². The highest BCUT2D eigenvalue weighted by Gasteiger charge is 2.17. The molecule has 2 N–H and O–H groups in total. The summed E-state index contributed by atoms with van der Waals surface area (Å²) in [6, 6.07) is 14.9. The maximum atomic E-state index is 6.15. The minimum atomic E-state index is 0.267. The maximum Gasteiger partial charge on any atom is 0.133 e. The van der Waals surface area contributed by atoms with E-state index in [9.17, 15) is 0 Å². The highest BCUT2D eigenvalue weighted by molar-refractivity contribution is 5.78. The second-order valence-electron chi connectivity index (χ2n) is 8.54. The number of nitrogens with zero attached hydrogens (tertiary/aromatic N) is 6. The van der Waals surface area contributed by atoms with Gasteiger partial charge in [0.25, 0.3) is 0 Å². The number of nitrogens with two attached hydrogens (primary N) is 1. The molecule has 168 valence electrons. The van der Waals surface area contributed by atoms with Crippen LogP contribution in [0.1, 0.15) is 31.2 Å². The fourth-order valence-corrected chi connectivity index (χ4v) is 4.37. The number of anilines is 1. The van der Waals surface area contributed by atoms with Gasteiger partial charge in [-0.05, 0) is 55.7 Å². The molecular formula is C26H29N7. The van der Waals surface area contributed by atoms with Crippen molar-refractivity contribution >= 4 is 5.69 Å². The number of hydrogen-bond acceptors (Lipinski definition) is 6. The van der Waals surface area contributed by atoms with E-state index in [1.807, 2.05) is 41.5 Å². The molecule has 0 radical (unpaired) electrons. The molecule has 1 aromatic carbocycles. The fraction of sp³-hybridized carbons (Fsp3) is 0.308. The van der Waals surface area contributed by atoms with Gasteiger partial charge in [0, 0.05) is 73.7 Å². The van der Waals surface area contributed by atoms with Crippen LogP contribution in [0.4, 0.5) is 5.69 Å². The van der Waals surface area contributed by atoms with Crippen LogP contribution in [0.25, 0.3) is 22.5 Å². The Bertz CT molecular complexity index is 1200. The topological polar surface area (TPSA) is 85.8 Å². The van der Waals surface area contributed by atoms with Crippen molar-refractivity contribution in [2.24, 2.45) is 5.73 Å². The van der Waals surface area contributed by atoms with Crippen LogP contribution in [-0.2, 0) is 13.0 Å². The van der Waals surface area contributed by atoms with Crippen molar-refractivity contribution in [3.05, 3.63) is 78.6 Å². The monoisotopic (exact) mass is 439 g/mol. The van der Waals surface area contributed by atoms with Gasteiger partial charge in [0.2, 0.25) is 0 Å². The first-order chi connectivity index (χ1) is 16.2. The number of pyridine rings is 1. The van der Waals surface area contributed by atoms with Gasteiger partial charge in [0.15, 0.2) is 0 Å². The molecule has 1 atom stereocenters. The lowest BCUT2D eigenvalue weighted by molar-refractivity contribution is 0.506. The molecule has 4 aromatic rings. The number of rotatable bonds is 6. The first-order valence-corrected chi connectivity index (χ1v) is 11.6. The standard InChI is InChI=1S/C26H29N7/c1-2-33-18-23(26(31-33)20-5-3-12-28-16-20)24-11-13-29-25(30-24)15-19-7-9-22(10-8-19)32-14-4-6-21(27)17-32/h3,5,7-13,16,18,21H,2,4,6,14-15,17,27H2,1H3/t21-/m1/s1. The van der Waals surface area contributed by atoms with Gasteiger partial charge in [-0.3, -0.25) is 9.67 Å². The Labute approximate surface area is 194 Å². The Morgan fingerprint density at radius 1 is 1.09 bits per heavy atom. The molecule has 7 nitrogen and oxygen atoms in total. The molecule has 1 saturated heterocycles. The number of piperidine rings is 1. The van der Waals surface area contributed by atoms with Crippen molar-refractivity contribution in [1.29, 1.82) is 0 Å². The lowest BCUT2D eigenvalue weighted by Crippen LogP contribution is -2.42. The van der Waals surface area contributed by atoms with E-state index in [0.29, 0.717) is 6.42 Å². The SMILES string of the molecule is CCn1cc(-c2ccnc(Cc3ccc(N4CCC[C@@H](N)C4)cc3)n2)c(-c2cccnc2)n1. The van der Waals surface area contributed by atoms with Gasteiger partial charge in [-0.1, -0.05) is 12.1 Å². The van der Waals surface area contributed by atoms with E-state index >= 15 is 0 Å². The van der Waals surface area contributed by atoms with Gasteiger partial charge in [-0.25, -0.2) is 9.97 Å². The van der Waals surface area contributed by atoms with Crippen LogP contribution in [0.3, 0.4) is 0 Å². The van der Waals surface area contributed by atoms with Gasteiger partial charge >= 0.3 is 0 Å². The van der Waals surface area contributed by atoms with Crippen molar-refractivity contribution in [2.45, 2.75) is 38.8 Å². The molecular weight excluding hydrogens is 410 g/mol. The van der Waals surface area contributed by atoms with Crippen LogP contribution in [0.2, 0.25) is 0 Å². The number of benzene rings is 1. The van der Waals surface area contributed by atoms with Crippen molar-refractivity contribution in [2.75, 3.05) is 18.0 Å². The zero-order valence-corrected chi connectivity index (χ0v) is 18.9. The Morgan fingerprint density at radius 2 is 1.97 bits per heavy atom. The summed E-state index contributed by atoms with van der Waals surface area (Å²) in [5.74, 6) is 0.793. The van der Waals surface area contributed by atoms with E-state index in [4.69, 9.17) is 15.8 Å². The molecule has 1 aliphatic rings. The van der Waals surface area contributed by atoms with Gasteiger partial charge < -0.3 is 10.6 Å². The predicted molar refractivity (Wildman–Crippen MR) is 131 cm³/mol. The summed E-state index contributed by atoms with van der Waals surface area (Å²) in [6.07, 6.45) is 10.4. The molecule has 1 fully saturated rings. The lowest BCUT2D eigenvalue weighted by atomic mass is 10.0. The van der Waals surface area contributed by atoms with Gasteiger partial charge in [-0.2, -0.15) is 5.10 Å². The third kappa shape index (κ3) is 4.78. The molecule has 7 heteroatoms. The third-order valence-electron chi connectivity index (χ3n) is 6.12. The van der Waals surface area contributed by atoms with Crippen LogP contribution < -0.4 is 10.6 Å². The van der Waals surface area contributed by atoms with Gasteiger partial charge in [0.05, 0.1) is 5.69 Å². The van der Waals surface area contributed by atoms with E-state index in [1.165, 1.54) is 11.3 Å². The highest BCUT2D eigenvalue weighted by atomic mass is 15.3. The minimum absolute atomic E-state index is 0.267. The normalized spacial score (nSPS) is 16.2. The lowest BCUT2D eigenvalue weighted by Gasteiger charge is -2.32. The Morgan fingerprint density at radius 3 is 2.73 bits per heavy atom. The predicted octanol–water partition coefficient (Wildman–Crippen LogP) is 3.94. The van der Waals surface area contributed by atoms with E-state index < -0.39 is 0 Å². The van der Waals surface area contributed by atoms with Crippen molar-refractivity contribution in [3.8, 4) is 22.5 Å². The summed E-state index contributed by atoms with van der Waals surface area (Å²) in [6.45, 7) is 4.87. The van der Waals surface area contributed by atoms with Gasteiger partial charge in [0.1, 0.15) is 11.5 Å². The molecule has 0 aliphatic carbocycles. The molecule has 0 amide bonds. The average Bonchev–Trinajstić information content (AvgIpc) is 3.30. The van der Waals surface area contributed by atoms with E-state index in [-0.39, 0.29) is 6.04 Å². The number of aryl methyl sites for hydroxylation is 1. The summed E-state index contributed by atoms with van der Waals surface area (Å²) < 4.78 is 1.94. The zero-order chi connectivity index (χ0) is 22.6. The molecule has 0 spiro atoms. The summed E-state index contributed by atoms with van der Waals surface area (Å²) in [5.41, 5.74) is 12.3. The first-order valence-electron chi connectivity index (χ1n) is 11.6. The quantitative estimate of drug-likeness (QED) is 0.490. The molecule has 0 unspecified atom stereocenters. The van der Waals surface area contributed by atoms with Crippen LogP contribution in [0.5, 0.6) is 0 Å². The van der Waals surface area contributed by atoms with Crippen molar-refractivity contribution in [1.82, 2.24) is 24.7 Å². The largest absolute Gasteiger partial charge is 0.370 e. The zero-order valence-electron chi connectivity index (χ0n) is 18.9. The summed E-state index contributed by atoms with van der Waals surface area (Å²) in [5, 5.41) is 4.75. The molecule has 0 saturated carbocycles. The van der Waals surface area contributed by atoms with Crippen molar-refractivity contribution in [3.63, 3.8) is 0 Å². The van der Waals surface area contributed by atoms with Crippen molar-refractivity contribution < 1.29 is 0 Å². The fourth-order valence-electron chi connectivity index (χ4n) is 4.37. The maximum absolute atomic E-state index is 6.15. The summed E-state index contributed by atoms with van der Waals surface area (Å²) >= 11 is 0. The van der Waals surface area contributed by atoms with Gasteiger partial charge in [-0.15, -0.1) is 0 Å². The average molecular weight is 440 g/mol. The summed E-state index contributed by atoms with van der Waals surface area (Å²) in [4.78, 5) is 16.0. The Hall–Kier alpha value is -3.58. The Balaban J connectivity index is 1.38. The smallest absolute Gasteiger partial charge is 0.133 e. The molecule has 1 aliphatic heterocycles. The van der Waals surface area contributed by atoms with Crippen LogP contribution in [-0.4, -0.2) is 43.9 Å². The molecule has 4 heterocycles. The first kappa shape index (κ1) is 21.3. The second kappa shape index (κ2) is 9.50. The number of hydrogen-bond donors (Lipinski definition) is 1. The summed E-state index contributed by atoms with van der Waals surface area (Å²) in [7, 11) is 0.